The van der Waals surface area contributed by atoms with E-state index >= 15 is 0 Å². The molecule has 29 heavy (non-hydrogen) atoms. The van der Waals surface area contributed by atoms with Crippen LogP contribution in [0.15, 0.2) is 42.5 Å². The fraction of sp³-hybridized carbons (Fsp3) is 0.304. The van der Waals surface area contributed by atoms with Crippen LogP contribution in [0.4, 0.5) is 0 Å². The molecule has 1 heterocycles. The summed E-state index contributed by atoms with van der Waals surface area (Å²) >= 11 is 5.86. The summed E-state index contributed by atoms with van der Waals surface area (Å²) in [5.74, 6) is -1.53. The van der Waals surface area contributed by atoms with E-state index in [1.807, 2.05) is 13.0 Å². The Labute approximate surface area is 176 Å². The molecule has 0 aliphatic heterocycles. The highest BCUT2D eigenvalue weighted by atomic mass is 35.5. The molecule has 0 aliphatic carbocycles. The molecule has 0 atom stereocenters. The smallest absolute Gasteiger partial charge is 0.340 e. The molecular formula is C23H27ClN2O3. The molecule has 154 valence electrons. The van der Waals surface area contributed by atoms with Crippen LogP contribution in [0.25, 0.3) is 22.2 Å². The molecule has 0 fully saturated rings. The third kappa shape index (κ3) is 5.25. The summed E-state index contributed by atoms with van der Waals surface area (Å²) in [5, 5.41) is 20.8. The lowest BCUT2D eigenvalue weighted by molar-refractivity contribution is 0.0696. The van der Waals surface area contributed by atoms with Gasteiger partial charge in [-0.25, -0.2) is 9.78 Å². The van der Waals surface area contributed by atoms with Gasteiger partial charge in [-0.05, 0) is 44.3 Å². The zero-order chi connectivity index (χ0) is 21.6. The van der Waals surface area contributed by atoms with Gasteiger partial charge in [0.05, 0.1) is 5.52 Å². The molecule has 0 saturated carbocycles. The largest absolute Gasteiger partial charge is 0.505 e. The lowest BCUT2D eigenvalue weighted by Gasteiger charge is -2.13. The number of para-hydroxylation sites is 1. The predicted octanol–water partition coefficient (Wildman–Crippen LogP) is 5.62. The van der Waals surface area contributed by atoms with Gasteiger partial charge in [-0.2, -0.15) is 0 Å². The number of aromatic carboxylic acids is 1. The number of nitrogens with zero attached hydrogens (tertiary/aromatic N) is 2. The third-order valence-electron chi connectivity index (χ3n) is 4.86. The van der Waals surface area contributed by atoms with Crippen molar-refractivity contribution in [1.82, 2.24) is 9.88 Å². The molecule has 2 aromatic carbocycles. The number of carboxylic acids is 1. The molecule has 6 heteroatoms. The summed E-state index contributed by atoms with van der Waals surface area (Å²) in [6.07, 6.45) is 0. The van der Waals surface area contributed by atoms with Crippen molar-refractivity contribution in [2.24, 2.45) is 0 Å². The van der Waals surface area contributed by atoms with E-state index in [-0.39, 0.29) is 17.0 Å². The lowest BCUT2D eigenvalue weighted by atomic mass is 10.0. The molecule has 3 aromatic rings. The van der Waals surface area contributed by atoms with Gasteiger partial charge in [-0.1, -0.05) is 62.7 Å². The second-order valence-electron chi connectivity index (χ2n) is 6.59. The van der Waals surface area contributed by atoms with Gasteiger partial charge in [0, 0.05) is 16.0 Å². The van der Waals surface area contributed by atoms with Crippen LogP contribution in [-0.4, -0.2) is 45.7 Å². The second kappa shape index (κ2) is 10.2. The number of pyridine rings is 1. The first kappa shape index (κ1) is 22.7. The number of aryl methyl sites for hydroxylation is 1. The highest BCUT2D eigenvalue weighted by Crippen LogP contribution is 2.36. The van der Waals surface area contributed by atoms with Crippen molar-refractivity contribution in [1.29, 1.82) is 0 Å². The number of fused-ring (bicyclic) bond motifs is 1. The van der Waals surface area contributed by atoms with Crippen molar-refractivity contribution >= 4 is 28.5 Å². The van der Waals surface area contributed by atoms with Crippen molar-refractivity contribution in [2.75, 3.05) is 19.6 Å². The van der Waals surface area contributed by atoms with Crippen molar-refractivity contribution in [2.45, 2.75) is 27.7 Å². The first-order valence-corrected chi connectivity index (χ1v) is 10.1. The molecule has 5 nitrogen and oxygen atoms in total. The van der Waals surface area contributed by atoms with Gasteiger partial charge in [0.2, 0.25) is 0 Å². The van der Waals surface area contributed by atoms with E-state index in [2.05, 4.69) is 30.7 Å². The van der Waals surface area contributed by atoms with Crippen LogP contribution in [0, 0.1) is 6.92 Å². The maximum absolute atomic E-state index is 11.6. The number of carbonyl (C=O) groups is 1. The quantitative estimate of drug-likeness (QED) is 0.567. The summed E-state index contributed by atoms with van der Waals surface area (Å²) in [6.45, 7) is 12.0. The fourth-order valence-electron chi connectivity index (χ4n) is 3.12. The number of aromatic nitrogens is 1. The van der Waals surface area contributed by atoms with E-state index in [1.165, 1.54) is 19.6 Å². The molecular weight excluding hydrogens is 388 g/mol. The number of aromatic hydroxyl groups is 1. The number of rotatable bonds is 5. The predicted molar refractivity (Wildman–Crippen MR) is 119 cm³/mol. The molecule has 0 spiro atoms. The van der Waals surface area contributed by atoms with Crippen LogP contribution in [-0.2, 0) is 0 Å². The van der Waals surface area contributed by atoms with Crippen LogP contribution in [0.3, 0.4) is 0 Å². The van der Waals surface area contributed by atoms with Gasteiger partial charge in [-0.15, -0.1) is 0 Å². The Balaban J connectivity index is 0.000000370. The molecule has 0 aliphatic rings. The Bertz CT molecular complexity index is 978. The zero-order valence-corrected chi connectivity index (χ0v) is 18.0. The number of halogens is 1. The maximum atomic E-state index is 11.6. The van der Waals surface area contributed by atoms with Crippen LogP contribution in [0.5, 0.6) is 5.75 Å². The average molecular weight is 415 g/mol. The van der Waals surface area contributed by atoms with Gasteiger partial charge < -0.3 is 15.1 Å². The Kier molecular flexibility index (Phi) is 8.00. The summed E-state index contributed by atoms with van der Waals surface area (Å²) in [6, 6.07) is 12.0. The van der Waals surface area contributed by atoms with Crippen molar-refractivity contribution < 1.29 is 15.0 Å². The molecule has 2 N–H and O–H groups in total. The zero-order valence-electron chi connectivity index (χ0n) is 17.2. The minimum atomic E-state index is -1.19. The normalized spacial score (nSPS) is 10.7. The Morgan fingerprint density at radius 1 is 1.03 bits per heavy atom. The summed E-state index contributed by atoms with van der Waals surface area (Å²) in [4.78, 5) is 18.4. The highest BCUT2D eigenvalue weighted by Gasteiger charge is 2.21. The first-order chi connectivity index (χ1) is 13.8. The van der Waals surface area contributed by atoms with E-state index in [0.29, 0.717) is 21.5 Å². The SMILES string of the molecule is CCN(CC)CC.Cc1cccc2c(C(=O)O)c(O)c(-c3ccc(Cl)cc3)nc12. The molecule has 0 saturated heterocycles. The van der Waals surface area contributed by atoms with Crippen LogP contribution in [0.2, 0.25) is 5.02 Å². The van der Waals surface area contributed by atoms with E-state index in [0.717, 1.165) is 5.56 Å². The van der Waals surface area contributed by atoms with Gasteiger partial charge in [-0.3, -0.25) is 0 Å². The lowest BCUT2D eigenvalue weighted by Crippen LogP contribution is -2.21. The number of hydrogen-bond acceptors (Lipinski definition) is 4. The molecule has 1 aromatic heterocycles. The number of hydrogen-bond donors (Lipinski definition) is 2. The van der Waals surface area contributed by atoms with E-state index < -0.39 is 5.97 Å². The van der Waals surface area contributed by atoms with Crippen molar-refractivity contribution in [3.8, 4) is 17.0 Å². The van der Waals surface area contributed by atoms with Gasteiger partial charge in [0.25, 0.3) is 0 Å². The van der Waals surface area contributed by atoms with Crippen molar-refractivity contribution in [3.05, 3.63) is 58.6 Å². The molecule has 3 rings (SSSR count). The van der Waals surface area contributed by atoms with Gasteiger partial charge in [0.1, 0.15) is 11.3 Å². The standard InChI is InChI=1S/C17H12ClNO3.C6H15N/c1-9-3-2-4-12-13(17(21)22)16(20)15(19-14(9)12)10-5-7-11(18)8-6-10;1-4-7(5-2)6-3/h2-8,20H,1H3,(H,21,22);4-6H2,1-3H3. The second-order valence-corrected chi connectivity index (χ2v) is 7.02. The van der Waals surface area contributed by atoms with Crippen LogP contribution >= 0.6 is 11.6 Å². The summed E-state index contributed by atoms with van der Waals surface area (Å²) in [5.41, 5.74) is 2.10. The molecule has 0 unspecified atom stereocenters. The monoisotopic (exact) mass is 414 g/mol. The first-order valence-electron chi connectivity index (χ1n) is 9.67. The average Bonchev–Trinajstić information content (AvgIpc) is 2.70. The Morgan fingerprint density at radius 2 is 1.62 bits per heavy atom. The van der Waals surface area contributed by atoms with Gasteiger partial charge in [0.15, 0.2) is 5.75 Å². The fourth-order valence-corrected chi connectivity index (χ4v) is 3.24. The molecule has 0 amide bonds. The van der Waals surface area contributed by atoms with E-state index in [9.17, 15) is 15.0 Å². The highest BCUT2D eigenvalue weighted by molar-refractivity contribution is 6.30. The Morgan fingerprint density at radius 3 is 2.10 bits per heavy atom. The summed E-state index contributed by atoms with van der Waals surface area (Å²) < 4.78 is 0. The molecule has 0 radical (unpaired) electrons. The molecule has 0 bridgehead atoms. The van der Waals surface area contributed by atoms with Gasteiger partial charge >= 0.3 is 5.97 Å². The Hall–Kier alpha value is -2.63. The number of carboxylic acid groups (broad SMARTS) is 1. The van der Waals surface area contributed by atoms with E-state index in [4.69, 9.17) is 11.6 Å². The minimum absolute atomic E-state index is 0.140. The number of benzene rings is 2. The minimum Gasteiger partial charge on any atom is -0.505 e. The maximum Gasteiger partial charge on any atom is 0.340 e. The summed E-state index contributed by atoms with van der Waals surface area (Å²) in [7, 11) is 0. The van der Waals surface area contributed by atoms with Crippen LogP contribution in [0.1, 0.15) is 36.7 Å². The topological polar surface area (TPSA) is 73.7 Å². The van der Waals surface area contributed by atoms with Crippen LogP contribution < -0.4 is 0 Å². The van der Waals surface area contributed by atoms with Crippen molar-refractivity contribution in [3.63, 3.8) is 0 Å². The third-order valence-corrected chi connectivity index (χ3v) is 5.12. The van der Waals surface area contributed by atoms with E-state index in [1.54, 1.807) is 36.4 Å².